The number of nitrogens with one attached hydrogen (secondary N) is 1. The minimum atomic E-state index is 0.687. The second-order valence-electron chi connectivity index (χ2n) is 5.66. The summed E-state index contributed by atoms with van der Waals surface area (Å²) < 4.78 is 5.11. The normalized spacial score (nSPS) is 22.9. The van der Waals surface area contributed by atoms with Crippen molar-refractivity contribution in [3.05, 3.63) is 23.9 Å². The third-order valence-electron chi connectivity index (χ3n) is 4.07. The first-order valence-electron chi connectivity index (χ1n) is 7.31. The van der Waals surface area contributed by atoms with Gasteiger partial charge < -0.3 is 10.1 Å². The van der Waals surface area contributed by atoms with E-state index in [1.165, 1.54) is 44.3 Å². The van der Waals surface area contributed by atoms with Crippen molar-refractivity contribution in [1.29, 1.82) is 0 Å². The van der Waals surface area contributed by atoms with Crippen LogP contribution in [0, 0.1) is 0 Å². The Morgan fingerprint density at radius 2 is 2.26 bits per heavy atom. The third kappa shape index (κ3) is 3.45. The van der Waals surface area contributed by atoms with E-state index in [1.807, 2.05) is 12.3 Å². The fraction of sp³-hybridized carbons (Fsp3) is 0.667. The molecule has 1 saturated carbocycles. The van der Waals surface area contributed by atoms with Crippen LogP contribution in [0.4, 0.5) is 0 Å². The molecule has 2 fully saturated rings. The first-order chi connectivity index (χ1) is 9.35. The molecule has 0 aromatic carbocycles. The van der Waals surface area contributed by atoms with Gasteiger partial charge in [0.25, 0.3) is 0 Å². The van der Waals surface area contributed by atoms with Crippen LogP contribution < -0.4 is 10.1 Å². The monoisotopic (exact) mass is 261 g/mol. The van der Waals surface area contributed by atoms with Gasteiger partial charge in [0, 0.05) is 37.4 Å². The van der Waals surface area contributed by atoms with E-state index < -0.39 is 0 Å². The molecule has 4 heteroatoms. The minimum Gasteiger partial charge on any atom is -0.481 e. The van der Waals surface area contributed by atoms with Crippen LogP contribution in [-0.4, -0.2) is 42.2 Å². The topological polar surface area (TPSA) is 37.4 Å². The molecule has 1 N–H and O–H groups in total. The molecule has 0 spiro atoms. The van der Waals surface area contributed by atoms with E-state index >= 15 is 0 Å². The van der Waals surface area contributed by atoms with E-state index in [-0.39, 0.29) is 0 Å². The molecule has 0 amide bonds. The molecule has 1 aromatic heterocycles. The lowest BCUT2D eigenvalue weighted by Crippen LogP contribution is -2.38. The van der Waals surface area contributed by atoms with Crippen LogP contribution in [0.25, 0.3) is 0 Å². The smallest absolute Gasteiger partial charge is 0.212 e. The molecule has 0 bridgehead atoms. The maximum atomic E-state index is 5.11. The van der Waals surface area contributed by atoms with Gasteiger partial charge in [-0.15, -0.1) is 0 Å². The van der Waals surface area contributed by atoms with E-state index in [2.05, 4.69) is 21.3 Å². The molecule has 1 aliphatic heterocycles. The van der Waals surface area contributed by atoms with Gasteiger partial charge in [-0.05, 0) is 37.8 Å². The first kappa shape index (κ1) is 12.9. The van der Waals surface area contributed by atoms with E-state index in [1.54, 1.807) is 7.11 Å². The van der Waals surface area contributed by atoms with Crippen LogP contribution in [0.5, 0.6) is 5.88 Å². The summed E-state index contributed by atoms with van der Waals surface area (Å²) in [5, 5.41) is 3.60. The van der Waals surface area contributed by atoms with Crippen molar-refractivity contribution in [2.45, 2.75) is 44.3 Å². The molecule has 2 aliphatic rings. The summed E-state index contributed by atoms with van der Waals surface area (Å²) >= 11 is 0. The average molecular weight is 261 g/mol. The van der Waals surface area contributed by atoms with Crippen molar-refractivity contribution in [2.24, 2.45) is 0 Å². The molecule has 1 aliphatic carbocycles. The third-order valence-corrected chi connectivity index (χ3v) is 4.07. The highest BCUT2D eigenvalue weighted by Crippen LogP contribution is 2.29. The fourth-order valence-electron chi connectivity index (χ4n) is 2.84. The van der Waals surface area contributed by atoms with Gasteiger partial charge in [-0.1, -0.05) is 6.07 Å². The van der Waals surface area contributed by atoms with Crippen molar-refractivity contribution < 1.29 is 4.74 Å². The van der Waals surface area contributed by atoms with E-state index in [0.29, 0.717) is 11.9 Å². The number of ether oxygens (including phenoxy) is 1. The molecule has 4 nitrogen and oxygen atoms in total. The zero-order valence-corrected chi connectivity index (χ0v) is 11.6. The molecule has 19 heavy (non-hydrogen) atoms. The van der Waals surface area contributed by atoms with E-state index in [0.717, 1.165) is 12.6 Å². The van der Waals surface area contributed by atoms with E-state index in [9.17, 15) is 0 Å². The predicted molar refractivity (Wildman–Crippen MR) is 75.2 cm³/mol. The van der Waals surface area contributed by atoms with Gasteiger partial charge in [0.2, 0.25) is 5.88 Å². The molecule has 1 atom stereocenters. The number of hydrogen-bond acceptors (Lipinski definition) is 4. The zero-order chi connectivity index (χ0) is 13.1. The Morgan fingerprint density at radius 3 is 2.84 bits per heavy atom. The standard InChI is InChI=1S/C15H23N3O/c1-19-15-7-4-12(9-17-15)10-18(14-5-6-14)11-13-3-2-8-16-13/h4,7,9,13-14,16H,2-3,5-6,8,10-11H2,1H3. The van der Waals surface area contributed by atoms with Gasteiger partial charge in [0.05, 0.1) is 7.11 Å². The lowest BCUT2D eigenvalue weighted by molar-refractivity contribution is 0.231. The summed E-state index contributed by atoms with van der Waals surface area (Å²) in [5.74, 6) is 0.694. The largest absolute Gasteiger partial charge is 0.481 e. The maximum Gasteiger partial charge on any atom is 0.212 e. The van der Waals surface area contributed by atoms with Crippen LogP contribution >= 0.6 is 0 Å². The molecule has 1 saturated heterocycles. The van der Waals surface area contributed by atoms with Crippen molar-refractivity contribution in [3.8, 4) is 5.88 Å². The number of pyridine rings is 1. The summed E-state index contributed by atoms with van der Waals surface area (Å²) in [4.78, 5) is 6.91. The number of methoxy groups -OCH3 is 1. The number of rotatable bonds is 6. The average Bonchev–Trinajstić information content (AvgIpc) is 3.17. The molecule has 0 radical (unpaired) electrons. The van der Waals surface area contributed by atoms with Crippen molar-refractivity contribution in [3.63, 3.8) is 0 Å². The second kappa shape index (κ2) is 5.88. The Hall–Kier alpha value is -1.13. The van der Waals surface area contributed by atoms with Crippen molar-refractivity contribution in [2.75, 3.05) is 20.2 Å². The van der Waals surface area contributed by atoms with Crippen LogP contribution in [0.3, 0.4) is 0 Å². The Balaban J connectivity index is 1.59. The Bertz CT molecular complexity index is 396. The van der Waals surface area contributed by atoms with Crippen LogP contribution in [0.2, 0.25) is 0 Å². The summed E-state index contributed by atoms with van der Waals surface area (Å²) in [6, 6.07) is 5.56. The van der Waals surface area contributed by atoms with Gasteiger partial charge in [0.15, 0.2) is 0 Å². The van der Waals surface area contributed by atoms with Crippen molar-refractivity contribution >= 4 is 0 Å². The molecule has 1 aromatic rings. The molecule has 104 valence electrons. The minimum absolute atomic E-state index is 0.687. The molecular weight excluding hydrogens is 238 g/mol. The second-order valence-corrected chi connectivity index (χ2v) is 5.66. The van der Waals surface area contributed by atoms with Crippen LogP contribution in [-0.2, 0) is 6.54 Å². The fourth-order valence-corrected chi connectivity index (χ4v) is 2.84. The zero-order valence-electron chi connectivity index (χ0n) is 11.6. The SMILES string of the molecule is COc1ccc(CN(CC2CCCN2)C2CC2)cn1. The lowest BCUT2D eigenvalue weighted by atomic mass is 10.2. The predicted octanol–water partition coefficient (Wildman–Crippen LogP) is 1.81. The van der Waals surface area contributed by atoms with Gasteiger partial charge in [0.1, 0.15) is 0 Å². The Morgan fingerprint density at radius 1 is 1.37 bits per heavy atom. The summed E-state index contributed by atoms with van der Waals surface area (Å²) in [6.45, 7) is 3.38. The summed E-state index contributed by atoms with van der Waals surface area (Å²) in [7, 11) is 1.66. The summed E-state index contributed by atoms with van der Waals surface area (Å²) in [6.07, 6.45) is 7.31. The Labute approximate surface area is 115 Å². The maximum absolute atomic E-state index is 5.11. The summed E-state index contributed by atoms with van der Waals surface area (Å²) in [5.41, 5.74) is 1.28. The molecule has 3 rings (SSSR count). The van der Waals surface area contributed by atoms with Crippen LogP contribution in [0.15, 0.2) is 18.3 Å². The van der Waals surface area contributed by atoms with Gasteiger partial charge in [-0.3, -0.25) is 4.90 Å². The van der Waals surface area contributed by atoms with Gasteiger partial charge in [-0.25, -0.2) is 4.98 Å². The number of hydrogen-bond donors (Lipinski definition) is 1. The van der Waals surface area contributed by atoms with Gasteiger partial charge >= 0.3 is 0 Å². The van der Waals surface area contributed by atoms with Crippen molar-refractivity contribution in [1.82, 2.24) is 15.2 Å². The highest BCUT2D eigenvalue weighted by atomic mass is 16.5. The molecular formula is C15H23N3O. The van der Waals surface area contributed by atoms with Gasteiger partial charge in [-0.2, -0.15) is 0 Å². The molecule has 2 heterocycles. The van der Waals surface area contributed by atoms with E-state index in [4.69, 9.17) is 4.74 Å². The van der Waals surface area contributed by atoms with Crippen LogP contribution in [0.1, 0.15) is 31.2 Å². The number of aromatic nitrogens is 1. The first-order valence-corrected chi connectivity index (χ1v) is 7.31. The highest BCUT2D eigenvalue weighted by Gasteiger charge is 2.31. The highest BCUT2D eigenvalue weighted by molar-refractivity contribution is 5.18. The quantitative estimate of drug-likeness (QED) is 0.847. The Kier molecular flexibility index (Phi) is 3.99. The number of nitrogens with zero attached hydrogens (tertiary/aromatic N) is 2. The molecule has 1 unspecified atom stereocenters. The lowest BCUT2D eigenvalue weighted by Gasteiger charge is -2.25.